The number of hydrogen-bond acceptors (Lipinski definition) is 2. The molecule has 282 valence electrons. The summed E-state index contributed by atoms with van der Waals surface area (Å²) in [4.78, 5) is 2.38. The lowest BCUT2D eigenvalue weighted by Crippen LogP contribution is -2.10. The molecule has 0 saturated carbocycles. The predicted octanol–water partition coefficient (Wildman–Crippen LogP) is 17.0. The smallest absolute Gasteiger partial charge is 0.0467 e. The van der Waals surface area contributed by atoms with Crippen LogP contribution >= 0.6 is 11.3 Å². The van der Waals surface area contributed by atoms with Crippen molar-refractivity contribution in [1.82, 2.24) is 0 Å². The Morgan fingerprint density at radius 3 is 1.45 bits per heavy atom. The monoisotopic (exact) mass is 781 g/mol. The van der Waals surface area contributed by atoms with Crippen LogP contribution < -0.4 is 4.90 Å². The van der Waals surface area contributed by atoms with Crippen LogP contribution in [0, 0.1) is 0 Å². The molecule has 0 spiro atoms. The van der Waals surface area contributed by atoms with Crippen LogP contribution in [0.3, 0.4) is 0 Å². The molecule has 1 heterocycles. The van der Waals surface area contributed by atoms with Gasteiger partial charge in [-0.2, -0.15) is 0 Å². The zero-order valence-electron chi connectivity index (χ0n) is 32.9. The van der Waals surface area contributed by atoms with Gasteiger partial charge in [-0.05, 0) is 133 Å². The Morgan fingerprint density at radius 1 is 0.267 bits per heavy atom. The molecule has 2 heteroatoms. The molecule has 11 aromatic rings. The molecular weight excluding hydrogens is 743 g/mol. The standard InChI is InChI=1S/C58H39NS/c1-3-13-40(14-4-1)48-36-49(41-15-5-2-6-16-41)38-50(37-48)43-27-31-51(32-28-43)59(53-20-11-19-46(39-53)47-26-25-42-17-7-8-18-45(42)35-47)52-33-29-44(30-34-52)54-22-12-23-56-55-21-9-10-24-57(55)60-58(54)56/h1-39H. The normalized spacial score (nSPS) is 11.3. The van der Waals surface area contributed by atoms with Crippen LogP contribution in [0.5, 0.6) is 0 Å². The van der Waals surface area contributed by atoms with Crippen molar-refractivity contribution in [3.63, 3.8) is 0 Å². The number of thiophene rings is 1. The van der Waals surface area contributed by atoms with Gasteiger partial charge in [0.2, 0.25) is 0 Å². The Kier molecular flexibility index (Phi) is 9.11. The van der Waals surface area contributed by atoms with E-state index in [9.17, 15) is 0 Å². The van der Waals surface area contributed by atoms with Crippen molar-refractivity contribution < 1.29 is 0 Å². The molecule has 0 aliphatic carbocycles. The summed E-state index contributed by atoms with van der Waals surface area (Å²) in [6.45, 7) is 0. The Morgan fingerprint density at radius 2 is 0.767 bits per heavy atom. The molecule has 0 N–H and O–H groups in total. The first-order valence-corrected chi connectivity index (χ1v) is 21.3. The molecule has 1 aromatic heterocycles. The SMILES string of the molecule is c1ccc(-c2cc(-c3ccccc3)cc(-c3ccc(N(c4ccc(-c5cccc6c5sc5ccccc56)cc4)c4cccc(-c5ccc6ccccc6c5)c4)cc3)c2)cc1. The topological polar surface area (TPSA) is 3.24 Å². The lowest BCUT2D eigenvalue weighted by atomic mass is 9.93. The van der Waals surface area contributed by atoms with Crippen molar-refractivity contribution in [3.05, 3.63) is 237 Å². The molecule has 0 aliphatic heterocycles. The zero-order chi connectivity index (χ0) is 39.8. The molecule has 0 fully saturated rings. The van der Waals surface area contributed by atoms with E-state index in [-0.39, 0.29) is 0 Å². The van der Waals surface area contributed by atoms with E-state index in [1.807, 2.05) is 11.3 Å². The molecule has 0 unspecified atom stereocenters. The van der Waals surface area contributed by atoms with Crippen molar-refractivity contribution in [2.75, 3.05) is 4.90 Å². The average molecular weight is 782 g/mol. The maximum Gasteiger partial charge on any atom is 0.0467 e. The second kappa shape index (κ2) is 15.3. The van der Waals surface area contributed by atoms with E-state index in [1.165, 1.54) is 86.6 Å². The van der Waals surface area contributed by atoms with Crippen molar-refractivity contribution in [1.29, 1.82) is 0 Å². The van der Waals surface area contributed by atoms with Crippen LogP contribution in [0.25, 0.3) is 86.6 Å². The van der Waals surface area contributed by atoms with Gasteiger partial charge in [-0.25, -0.2) is 0 Å². The van der Waals surface area contributed by atoms with Gasteiger partial charge in [0.15, 0.2) is 0 Å². The third kappa shape index (κ3) is 6.73. The van der Waals surface area contributed by atoms with Crippen LogP contribution in [0.2, 0.25) is 0 Å². The highest BCUT2D eigenvalue weighted by Gasteiger charge is 2.17. The summed E-state index contributed by atoms with van der Waals surface area (Å²) in [7, 11) is 0. The van der Waals surface area contributed by atoms with Gasteiger partial charge in [0, 0.05) is 37.2 Å². The van der Waals surface area contributed by atoms with Crippen LogP contribution in [0.15, 0.2) is 237 Å². The Balaban J connectivity index is 1.01. The number of anilines is 3. The largest absolute Gasteiger partial charge is 0.310 e. The van der Waals surface area contributed by atoms with Crippen molar-refractivity contribution in [2.45, 2.75) is 0 Å². The van der Waals surface area contributed by atoms with Gasteiger partial charge in [-0.3, -0.25) is 0 Å². The van der Waals surface area contributed by atoms with E-state index in [0.717, 1.165) is 17.1 Å². The molecule has 0 amide bonds. The van der Waals surface area contributed by atoms with Gasteiger partial charge in [0.25, 0.3) is 0 Å². The molecular formula is C58H39NS. The summed E-state index contributed by atoms with van der Waals surface area (Å²) in [5, 5.41) is 5.12. The first-order chi connectivity index (χ1) is 29.7. The average Bonchev–Trinajstić information content (AvgIpc) is 3.72. The van der Waals surface area contributed by atoms with E-state index in [1.54, 1.807) is 0 Å². The van der Waals surface area contributed by atoms with Crippen LogP contribution in [0.1, 0.15) is 0 Å². The van der Waals surface area contributed by atoms with Crippen molar-refractivity contribution >= 4 is 59.3 Å². The van der Waals surface area contributed by atoms with Gasteiger partial charge >= 0.3 is 0 Å². The van der Waals surface area contributed by atoms with Gasteiger partial charge in [0.1, 0.15) is 0 Å². The molecule has 0 bridgehead atoms. The molecule has 0 saturated heterocycles. The molecule has 10 aromatic carbocycles. The fourth-order valence-corrected chi connectivity index (χ4v) is 9.84. The summed E-state index contributed by atoms with van der Waals surface area (Å²) < 4.78 is 2.65. The van der Waals surface area contributed by atoms with Crippen LogP contribution in [0.4, 0.5) is 17.1 Å². The summed E-state index contributed by atoms with van der Waals surface area (Å²) >= 11 is 1.88. The fourth-order valence-electron chi connectivity index (χ4n) is 8.60. The highest BCUT2D eigenvalue weighted by Crippen LogP contribution is 2.43. The zero-order valence-corrected chi connectivity index (χ0v) is 33.7. The number of hydrogen-bond donors (Lipinski definition) is 0. The van der Waals surface area contributed by atoms with E-state index in [4.69, 9.17) is 0 Å². The van der Waals surface area contributed by atoms with E-state index in [0.29, 0.717) is 0 Å². The molecule has 0 aliphatic rings. The Bertz CT molecular complexity index is 3230. The predicted molar refractivity (Wildman–Crippen MR) is 259 cm³/mol. The molecule has 60 heavy (non-hydrogen) atoms. The number of nitrogens with zero attached hydrogens (tertiary/aromatic N) is 1. The maximum atomic E-state index is 2.38. The molecule has 0 atom stereocenters. The highest BCUT2D eigenvalue weighted by molar-refractivity contribution is 7.26. The summed E-state index contributed by atoms with van der Waals surface area (Å²) in [5.41, 5.74) is 15.3. The minimum Gasteiger partial charge on any atom is -0.310 e. The summed E-state index contributed by atoms with van der Waals surface area (Å²) in [5.74, 6) is 0. The second-order valence-electron chi connectivity index (χ2n) is 15.4. The van der Waals surface area contributed by atoms with Gasteiger partial charge < -0.3 is 4.90 Å². The lowest BCUT2D eigenvalue weighted by molar-refractivity contribution is 1.28. The number of rotatable bonds is 8. The molecule has 0 radical (unpaired) electrons. The highest BCUT2D eigenvalue weighted by atomic mass is 32.1. The summed E-state index contributed by atoms with van der Waals surface area (Å²) in [6, 6.07) is 86.1. The molecule has 1 nitrogen and oxygen atoms in total. The van der Waals surface area contributed by atoms with Gasteiger partial charge in [-0.15, -0.1) is 11.3 Å². The van der Waals surface area contributed by atoms with E-state index < -0.39 is 0 Å². The third-order valence-electron chi connectivity index (χ3n) is 11.6. The number of fused-ring (bicyclic) bond motifs is 4. The third-order valence-corrected chi connectivity index (χ3v) is 12.9. The lowest BCUT2D eigenvalue weighted by Gasteiger charge is -2.26. The first kappa shape index (κ1) is 35.6. The van der Waals surface area contributed by atoms with E-state index in [2.05, 4.69) is 241 Å². The van der Waals surface area contributed by atoms with Crippen LogP contribution in [-0.4, -0.2) is 0 Å². The van der Waals surface area contributed by atoms with Gasteiger partial charge in [-0.1, -0.05) is 170 Å². The first-order valence-electron chi connectivity index (χ1n) is 20.5. The quantitative estimate of drug-likeness (QED) is 0.148. The Hall–Kier alpha value is -7.52. The summed E-state index contributed by atoms with van der Waals surface area (Å²) in [6.07, 6.45) is 0. The fraction of sp³-hybridized carbons (Fsp3) is 0. The van der Waals surface area contributed by atoms with Crippen molar-refractivity contribution in [3.8, 4) is 55.6 Å². The number of benzene rings is 10. The minimum atomic E-state index is 1.09. The second-order valence-corrected chi connectivity index (χ2v) is 16.4. The minimum absolute atomic E-state index is 1.09. The Labute approximate surface area is 354 Å². The van der Waals surface area contributed by atoms with Gasteiger partial charge in [0.05, 0.1) is 0 Å². The molecule has 11 rings (SSSR count). The van der Waals surface area contributed by atoms with Crippen LogP contribution in [-0.2, 0) is 0 Å². The maximum absolute atomic E-state index is 2.38. The van der Waals surface area contributed by atoms with E-state index >= 15 is 0 Å². The van der Waals surface area contributed by atoms with Crippen molar-refractivity contribution in [2.24, 2.45) is 0 Å².